The summed E-state index contributed by atoms with van der Waals surface area (Å²) in [6, 6.07) is 2.22. The van der Waals surface area contributed by atoms with E-state index in [0.29, 0.717) is 15.8 Å². The van der Waals surface area contributed by atoms with Crippen molar-refractivity contribution < 1.29 is 4.42 Å². The van der Waals surface area contributed by atoms with Crippen molar-refractivity contribution in [2.75, 3.05) is 0 Å². The van der Waals surface area contributed by atoms with E-state index in [2.05, 4.69) is 21.3 Å². The topological polar surface area (TPSA) is 75.6 Å². The third kappa shape index (κ3) is 2.76. The van der Waals surface area contributed by atoms with Crippen LogP contribution in [0.2, 0.25) is 0 Å². The van der Waals surface area contributed by atoms with Gasteiger partial charge in [-0.2, -0.15) is 10.4 Å². The maximum atomic E-state index is 9.35. The minimum atomic E-state index is 0.481. The zero-order valence-electron chi connectivity index (χ0n) is 11.1. The molecular formula is C13H14N4OS. The minimum absolute atomic E-state index is 0.481. The fourth-order valence-electron chi connectivity index (χ4n) is 1.80. The molecule has 0 amide bonds. The summed E-state index contributed by atoms with van der Waals surface area (Å²) >= 11 is 1.23. The van der Waals surface area contributed by atoms with Crippen molar-refractivity contribution in [1.29, 1.82) is 5.26 Å². The number of aromatic nitrogens is 3. The van der Waals surface area contributed by atoms with Gasteiger partial charge < -0.3 is 4.42 Å². The smallest absolute Gasteiger partial charge is 0.262 e. The largest absolute Gasteiger partial charge is 0.439 e. The molecule has 2 aromatic rings. The summed E-state index contributed by atoms with van der Waals surface area (Å²) in [6.45, 7) is 5.87. The second kappa shape index (κ2) is 5.85. The monoisotopic (exact) mass is 274 g/mol. The molecule has 98 valence electrons. The third-order valence-corrected chi connectivity index (χ3v) is 3.55. The second-order valence-corrected chi connectivity index (χ2v) is 4.92. The van der Waals surface area contributed by atoms with Gasteiger partial charge in [0.2, 0.25) is 0 Å². The van der Waals surface area contributed by atoms with Gasteiger partial charge in [-0.1, -0.05) is 13.8 Å². The van der Waals surface area contributed by atoms with Gasteiger partial charge in [-0.05, 0) is 37.1 Å². The summed E-state index contributed by atoms with van der Waals surface area (Å²) < 4.78 is 5.27. The molecule has 0 atom stereocenters. The predicted octanol–water partition coefficient (Wildman–Crippen LogP) is 2.92. The Morgan fingerprint density at radius 1 is 1.32 bits per heavy atom. The highest BCUT2D eigenvalue weighted by Crippen LogP contribution is 2.30. The van der Waals surface area contributed by atoms with Gasteiger partial charge >= 0.3 is 0 Å². The van der Waals surface area contributed by atoms with Gasteiger partial charge in [-0.15, -0.1) is 5.10 Å². The number of nitriles is 1. The molecule has 2 heterocycles. The molecule has 0 aliphatic rings. The number of aryl methyl sites for hydroxylation is 2. The van der Waals surface area contributed by atoms with Crippen LogP contribution in [0.1, 0.15) is 36.4 Å². The van der Waals surface area contributed by atoms with E-state index in [4.69, 9.17) is 4.42 Å². The molecular weight excluding hydrogens is 260 g/mol. The highest BCUT2D eigenvalue weighted by Gasteiger charge is 2.17. The van der Waals surface area contributed by atoms with Crippen molar-refractivity contribution in [3.05, 3.63) is 28.8 Å². The predicted molar refractivity (Wildman–Crippen MR) is 70.9 cm³/mol. The number of rotatable bonds is 4. The number of hydrogen-bond donors (Lipinski definition) is 0. The van der Waals surface area contributed by atoms with Crippen molar-refractivity contribution in [3.63, 3.8) is 0 Å². The fourth-order valence-corrected chi connectivity index (χ4v) is 2.61. The van der Waals surface area contributed by atoms with Gasteiger partial charge in [0.25, 0.3) is 5.22 Å². The third-order valence-electron chi connectivity index (χ3n) is 2.71. The van der Waals surface area contributed by atoms with Crippen LogP contribution in [0.25, 0.3) is 0 Å². The van der Waals surface area contributed by atoms with E-state index in [1.54, 1.807) is 6.26 Å². The molecule has 2 rings (SSSR count). The molecule has 0 saturated heterocycles. The number of nitrogens with zero attached hydrogens (tertiary/aromatic N) is 4. The maximum Gasteiger partial charge on any atom is 0.262 e. The van der Waals surface area contributed by atoms with Crippen molar-refractivity contribution in [2.24, 2.45) is 0 Å². The van der Waals surface area contributed by atoms with Crippen molar-refractivity contribution >= 4 is 11.8 Å². The first kappa shape index (κ1) is 13.6. The number of oxazole rings is 1. The van der Waals surface area contributed by atoms with Gasteiger partial charge in [0.1, 0.15) is 17.4 Å². The fraction of sp³-hybridized carbons (Fsp3) is 0.385. The Morgan fingerprint density at radius 2 is 2.11 bits per heavy atom. The van der Waals surface area contributed by atoms with Crippen LogP contribution in [-0.2, 0) is 12.8 Å². The molecule has 6 heteroatoms. The zero-order valence-corrected chi connectivity index (χ0v) is 11.9. The van der Waals surface area contributed by atoms with Gasteiger partial charge in [-0.25, -0.2) is 4.98 Å². The Balaban J connectivity index is 2.43. The molecule has 2 aromatic heterocycles. The lowest BCUT2D eigenvalue weighted by Gasteiger charge is -2.08. The molecule has 19 heavy (non-hydrogen) atoms. The lowest BCUT2D eigenvalue weighted by molar-refractivity contribution is 0.453. The van der Waals surface area contributed by atoms with Crippen LogP contribution in [0.15, 0.2) is 20.9 Å². The molecule has 0 aliphatic carbocycles. The van der Waals surface area contributed by atoms with Crippen molar-refractivity contribution in [2.45, 2.75) is 43.9 Å². The van der Waals surface area contributed by atoms with Crippen LogP contribution in [0.5, 0.6) is 0 Å². The molecule has 0 spiro atoms. The minimum Gasteiger partial charge on any atom is -0.439 e. The summed E-state index contributed by atoms with van der Waals surface area (Å²) in [4.78, 5) is 4.20. The average Bonchev–Trinajstić information content (AvgIpc) is 2.83. The van der Waals surface area contributed by atoms with Crippen LogP contribution < -0.4 is 0 Å². The van der Waals surface area contributed by atoms with E-state index in [9.17, 15) is 5.26 Å². The summed E-state index contributed by atoms with van der Waals surface area (Å²) in [6.07, 6.45) is 3.11. The maximum absolute atomic E-state index is 9.35. The Kier molecular flexibility index (Phi) is 4.17. The average molecular weight is 274 g/mol. The molecule has 0 aliphatic heterocycles. The van der Waals surface area contributed by atoms with Crippen LogP contribution in [-0.4, -0.2) is 15.2 Å². The van der Waals surface area contributed by atoms with Gasteiger partial charge in [0.15, 0.2) is 0 Å². The Morgan fingerprint density at radius 3 is 2.63 bits per heavy atom. The van der Waals surface area contributed by atoms with E-state index in [1.165, 1.54) is 11.8 Å². The molecule has 0 N–H and O–H groups in total. The molecule has 5 nitrogen and oxygen atoms in total. The van der Waals surface area contributed by atoms with E-state index in [1.807, 2.05) is 20.8 Å². The second-order valence-electron chi connectivity index (χ2n) is 3.98. The summed E-state index contributed by atoms with van der Waals surface area (Å²) in [5.41, 5.74) is 3.22. The summed E-state index contributed by atoms with van der Waals surface area (Å²) in [5.74, 6) is 0. The van der Waals surface area contributed by atoms with Gasteiger partial charge in [-0.3, -0.25) is 0 Å². The molecule has 0 fully saturated rings. The highest BCUT2D eigenvalue weighted by atomic mass is 32.2. The molecule has 0 unspecified atom stereocenters. The van der Waals surface area contributed by atoms with E-state index >= 15 is 0 Å². The molecule has 0 radical (unpaired) electrons. The van der Waals surface area contributed by atoms with Crippen molar-refractivity contribution in [1.82, 2.24) is 15.2 Å². The van der Waals surface area contributed by atoms with E-state index < -0.39 is 0 Å². The first-order chi connectivity index (χ1) is 9.19. The van der Waals surface area contributed by atoms with Gasteiger partial charge in [0, 0.05) is 0 Å². The van der Waals surface area contributed by atoms with Crippen LogP contribution in [0.4, 0.5) is 0 Å². The molecule has 0 saturated carbocycles. The van der Waals surface area contributed by atoms with E-state index in [0.717, 1.165) is 29.8 Å². The Hall–Kier alpha value is -1.87. The first-order valence-electron chi connectivity index (χ1n) is 6.08. The lowest BCUT2D eigenvalue weighted by atomic mass is 10.1. The highest BCUT2D eigenvalue weighted by molar-refractivity contribution is 7.99. The first-order valence-corrected chi connectivity index (χ1v) is 6.89. The van der Waals surface area contributed by atoms with E-state index in [-0.39, 0.29) is 0 Å². The van der Waals surface area contributed by atoms with Crippen LogP contribution >= 0.6 is 11.8 Å². The Bertz CT molecular complexity index is 630. The standard InChI is InChI=1S/C13H14N4OS/c1-4-9-10(6-14)12(17-16-11(9)5-2)19-13-15-8(3)7-18-13/h7H,4-5H2,1-3H3. The molecule has 0 aromatic carbocycles. The van der Waals surface area contributed by atoms with Crippen LogP contribution in [0, 0.1) is 18.3 Å². The Labute approximate surface area is 116 Å². The van der Waals surface area contributed by atoms with Gasteiger partial charge in [0.05, 0.1) is 17.0 Å². The van der Waals surface area contributed by atoms with Crippen molar-refractivity contribution in [3.8, 4) is 6.07 Å². The van der Waals surface area contributed by atoms with Crippen LogP contribution in [0.3, 0.4) is 0 Å². The zero-order chi connectivity index (χ0) is 13.8. The summed E-state index contributed by atoms with van der Waals surface area (Å²) in [7, 11) is 0. The SMILES string of the molecule is CCc1nnc(Sc2nc(C)co2)c(C#N)c1CC. The normalized spacial score (nSPS) is 10.4. The molecule has 0 bridgehead atoms. The summed E-state index contributed by atoms with van der Waals surface area (Å²) in [5, 5.41) is 18.7. The quantitative estimate of drug-likeness (QED) is 0.853. The number of hydrogen-bond acceptors (Lipinski definition) is 6. The lowest BCUT2D eigenvalue weighted by Crippen LogP contribution is -2.04.